The highest BCUT2D eigenvalue weighted by Crippen LogP contribution is 2.32. The average Bonchev–Trinajstić information content (AvgIpc) is 3.52. The summed E-state index contributed by atoms with van der Waals surface area (Å²) in [7, 11) is 0. The van der Waals surface area contributed by atoms with Gasteiger partial charge in [0.25, 0.3) is 5.91 Å². The number of ether oxygens (including phenoxy) is 2. The maximum atomic E-state index is 14.0. The average molecular weight is 582 g/mol. The van der Waals surface area contributed by atoms with Crippen LogP contribution in [0.1, 0.15) is 96.0 Å². The molecule has 2 aliphatic rings. The zero-order chi connectivity index (χ0) is 29.6. The predicted molar refractivity (Wildman–Crippen MR) is 157 cm³/mol. The summed E-state index contributed by atoms with van der Waals surface area (Å²) in [5, 5.41) is 9.01. The molecule has 1 aromatic heterocycles. The van der Waals surface area contributed by atoms with Crippen molar-refractivity contribution in [3.05, 3.63) is 48.3 Å². The number of amides is 2. The van der Waals surface area contributed by atoms with Crippen LogP contribution in [0.2, 0.25) is 0 Å². The van der Waals surface area contributed by atoms with Crippen molar-refractivity contribution in [2.24, 2.45) is 17.8 Å². The molecule has 1 aliphatic carbocycles. The number of benzene rings is 1. The Labute approximate surface area is 249 Å². The fourth-order valence-electron chi connectivity index (χ4n) is 6.15. The Morgan fingerprint density at radius 1 is 1.05 bits per heavy atom. The van der Waals surface area contributed by atoms with Crippen molar-refractivity contribution < 1.29 is 23.9 Å². The van der Waals surface area contributed by atoms with E-state index in [1.54, 1.807) is 6.20 Å². The summed E-state index contributed by atoms with van der Waals surface area (Å²) < 4.78 is 13.0. The molecule has 2 fully saturated rings. The predicted octanol–water partition coefficient (Wildman–Crippen LogP) is 5.19. The van der Waals surface area contributed by atoms with E-state index < -0.39 is 18.1 Å². The largest absolute Gasteiger partial charge is 0.436 e. The highest BCUT2D eigenvalue weighted by Gasteiger charge is 2.37. The Morgan fingerprint density at radius 3 is 2.52 bits per heavy atom. The standard InChI is InChI=1S/C32H47N5O5/c1-2-12-27(28(18-11-17-25-13-5-3-6-14-25)32(40)42-30-19-9-10-22-41-30)31(39)34-37(23-26-15-7-4-8-16-26)29(38)24-36-21-20-33-35-36/h4,7-8,15-16,20-21,25,27-28,30H,2-3,5-6,9-14,17-19,22-24H2,1H3,(H,34,39)/t27-,28+,30?/m1/s1. The third kappa shape index (κ3) is 9.93. The van der Waals surface area contributed by atoms with Crippen LogP contribution < -0.4 is 5.43 Å². The molecule has 42 heavy (non-hydrogen) atoms. The summed E-state index contributed by atoms with van der Waals surface area (Å²) in [6, 6.07) is 9.49. The van der Waals surface area contributed by atoms with Crippen molar-refractivity contribution in [3.63, 3.8) is 0 Å². The molecule has 4 rings (SSSR count). The van der Waals surface area contributed by atoms with Gasteiger partial charge in [-0.2, -0.15) is 0 Å². The van der Waals surface area contributed by atoms with Crippen LogP contribution >= 0.6 is 0 Å². The number of rotatable bonds is 14. The minimum absolute atomic E-state index is 0.0720. The summed E-state index contributed by atoms with van der Waals surface area (Å²) in [5.41, 5.74) is 3.76. The molecule has 1 aromatic carbocycles. The third-order valence-corrected chi connectivity index (χ3v) is 8.46. The van der Waals surface area contributed by atoms with Gasteiger partial charge in [-0.15, -0.1) is 5.10 Å². The number of hydrogen-bond acceptors (Lipinski definition) is 7. The summed E-state index contributed by atoms with van der Waals surface area (Å²) >= 11 is 0. The van der Waals surface area contributed by atoms with Crippen LogP contribution in [-0.2, 0) is 36.9 Å². The van der Waals surface area contributed by atoms with Crippen LogP contribution in [-0.4, -0.2) is 50.7 Å². The highest BCUT2D eigenvalue weighted by atomic mass is 16.7. The quantitative estimate of drug-likeness (QED) is 0.241. The summed E-state index contributed by atoms with van der Waals surface area (Å²) in [6.45, 7) is 2.70. The second-order valence-electron chi connectivity index (χ2n) is 11.7. The summed E-state index contributed by atoms with van der Waals surface area (Å²) in [5.74, 6) is -1.60. The second kappa shape index (κ2) is 17.0. The van der Waals surface area contributed by atoms with Gasteiger partial charge in [-0.3, -0.25) is 19.8 Å². The molecule has 1 unspecified atom stereocenters. The molecular weight excluding hydrogens is 534 g/mol. The number of carbonyl (C=O) groups excluding carboxylic acids is 3. The lowest BCUT2D eigenvalue weighted by molar-refractivity contribution is -0.194. The SMILES string of the molecule is CCC[C@@H](C(=O)NN(Cc1ccccc1)C(=O)Cn1ccnn1)[C@H](CCCC1CCCCC1)C(=O)OC1CCCCO1. The van der Waals surface area contributed by atoms with Crippen LogP contribution in [0, 0.1) is 17.8 Å². The van der Waals surface area contributed by atoms with Gasteiger partial charge in [0.2, 0.25) is 12.2 Å². The van der Waals surface area contributed by atoms with Gasteiger partial charge in [0.15, 0.2) is 0 Å². The lowest BCUT2D eigenvalue weighted by atomic mass is 9.81. The molecule has 2 aromatic rings. The van der Waals surface area contributed by atoms with E-state index in [-0.39, 0.29) is 30.9 Å². The van der Waals surface area contributed by atoms with Crippen molar-refractivity contribution >= 4 is 17.8 Å². The maximum absolute atomic E-state index is 14.0. The van der Waals surface area contributed by atoms with Gasteiger partial charge in [0.05, 0.1) is 31.2 Å². The van der Waals surface area contributed by atoms with E-state index in [1.165, 1.54) is 48.0 Å². The van der Waals surface area contributed by atoms with Crippen molar-refractivity contribution in [1.82, 2.24) is 25.4 Å². The molecule has 1 saturated carbocycles. The van der Waals surface area contributed by atoms with Gasteiger partial charge in [-0.05, 0) is 37.2 Å². The van der Waals surface area contributed by atoms with Crippen molar-refractivity contribution in [3.8, 4) is 0 Å². The lowest BCUT2D eigenvalue weighted by Crippen LogP contribution is -2.51. The number of carbonyl (C=O) groups is 3. The number of esters is 1. The van der Waals surface area contributed by atoms with Crippen LogP contribution in [0.3, 0.4) is 0 Å². The van der Waals surface area contributed by atoms with E-state index in [4.69, 9.17) is 9.47 Å². The Bertz CT molecular complexity index is 1080. The summed E-state index contributed by atoms with van der Waals surface area (Å²) in [6.07, 6.45) is 15.2. The molecule has 0 spiro atoms. The first-order valence-corrected chi connectivity index (χ1v) is 15.8. The molecule has 230 valence electrons. The smallest absolute Gasteiger partial charge is 0.312 e. The fraction of sp³-hybridized carbons (Fsp3) is 0.656. The molecule has 0 radical (unpaired) electrons. The number of hydrazine groups is 1. The van der Waals surface area contributed by atoms with Gasteiger partial charge < -0.3 is 9.47 Å². The van der Waals surface area contributed by atoms with Crippen LogP contribution in [0.4, 0.5) is 0 Å². The normalized spacial score (nSPS) is 19.0. The van der Waals surface area contributed by atoms with E-state index in [0.29, 0.717) is 31.8 Å². The molecule has 1 saturated heterocycles. The minimum Gasteiger partial charge on any atom is -0.436 e. The summed E-state index contributed by atoms with van der Waals surface area (Å²) in [4.78, 5) is 41.0. The first-order chi connectivity index (χ1) is 20.5. The van der Waals surface area contributed by atoms with Gasteiger partial charge in [0.1, 0.15) is 6.54 Å². The molecule has 1 aliphatic heterocycles. The molecule has 10 heteroatoms. The van der Waals surface area contributed by atoms with Crippen molar-refractivity contribution in [2.75, 3.05) is 6.61 Å². The first-order valence-electron chi connectivity index (χ1n) is 15.8. The fourth-order valence-corrected chi connectivity index (χ4v) is 6.15. The van der Waals surface area contributed by atoms with Gasteiger partial charge in [-0.1, -0.05) is 93.8 Å². The molecule has 1 N–H and O–H groups in total. The Hall–Kier alpha value is -3.27. The first kappa shape index (κ1) is 31.7. The molecule has 3 atom stereocenters. The molecule has 10 nitrogen and oxygen atoms in total. The number of aromatic nitrogens is 3. The van der Waals surface area contributed by atoms with E-state index in [0.717, 1.165) is 37.7 Å². The Morgan fingerprint density at radius 2 is 1.83 bits per heavy atom. The van der Waals surface area contributed by atoms with E-state index >= 15 is 0 Å². The van der Waals surface area contributed by atoms with Crippen molar-refractivity contribution in [2.45, 2.75) is 110 Å². The minimum atomic E-state index is -0.630. The lowest BCUT2D eigenvalue weighted by Gasteiger charge is -2.31. The number of nitrogens with one attached hydrogen (secondary N) is 1. The van der Waals surface area contributed by atoms with Crippen LogP contribution in [0.5, 0.6) is 0 Å². The van der Waals surface area contributed by atoms with Gasteiger partial charge in [0, 0.05) is 12.6 Å². The Kier molecular flexibility index (Phi) is 12.8. The van der Waals surface area contributed by atoms with E-state index in [9.17, 15) is 14.4 Å². The topological polar surface area (TPSA) is 116 Å². The zero-order valence-electron chi connectivity index (χ0n) is 25.0. The molecule has 2 amide bonds. The molecule has 0 bridgehead atoms. The highest BCUT2D eigenvalue weighted by molar-refractivity contribution is 5.87. The Balaban J connectivity index is 1.49. The molecule has 2 heterocycles. The number of nitrogens with zero attached hydrogens (tertiary/aromatic N) is 4. The van der Waals surface area contributed by atoms with Gasteiger partial charge >= 0.3 is 5.97 Å². The zero-order valence-corrected chi connectivity index (χ0v) is 25.0. The third-order valence-electron chi connectivity index (χ3n) is 8.46. The van der Waals surface area contributed by atoms with E-state index in [1.807, 2.05) is 37.3 Å². The maximum Gasteiger partial charge on any atom is 0.312 e. The number of hydrogen-bond donors (Lipinski definition) is 1. The monoisotopic (exact) mass is 581 g/mol. The van der Waals surface area contributed by atoms with Crippen molar-refractivity contribution in [1.29, 1.82) is 0 Å². The second-order valence-corrected chi connectivity index (χ2v) is 11.7. The van der Waals surface area contributed by atoms with Crippen LogP contribution in [0.25, 0.3) is 0 Å². The molecular formula is C32H47N5O5. The van der Waals surface area contributed by atoms with E-state index in [2.05, 4.69) is 15.7 Å². The van der Waals surface area contributed by atoms with Gasteiger partial charge in [-0.25, -0.2) is 9.69 Å². The van der Waals surface area contributed by atoms with Crippen LogP contribution in [0.15, 0.2) is 42.7 Å².